The van der Waals surface area contributed by atoms with Crippen LogP contribution < -0.4 is 10.5 Å². The summed E-state index contributed by atoms with van der Waals surface area (Å²) in [5.74, 6) is 0.712. The number of carbonyl (C=O) groups is 1. The third-order valence-electron chi connectivity index (χ3n) is 3.67. The van der Waals surface area contributed by atoms with Gasteiger partial charge in [-0.25, -0.2) is 0 Å². The summed E-state index contributed by atoms with van der Waals surface area (Å²) >= 11 is 0. The molecule has 0 aromatic heterocycles. The van der Waals surface area contributed by atoms with E-state index in [1.54, 1.807) is 0 Å². The van der Waals surface area contributed by atoms with Gasteiger partial charge in [0.15, 0.2) is 6.61 Å². The van der Waals surface area contributed by atoms with Crippen LogP contribution in [0.3, 0.4) is 0 Å². The van der Waals surface area contributed by atoms with Crippen LogP contribution in [0.2, 0.25) is 0 Å². The van der Waals surface area contributed by atoms with Crippen LogP contribution in [0.1, 0.15) is 20.3 Å². The Balaban J connectivity index is 1.93. The Morgan fingerprint density at radius 1 is 1.44 bits per heavy atom. The zero-order valence-corrected chi connectivity index (χ0v) is 10.9. The third kappa shape index (κ3) is 2.48. The lowest BCUT2D eigenvalue weighted by atomic mass is 9.97. The molecule has 0 aliphatic carbocycles. The van der Waals surface area contributed by atoms with E-state index >= 15 is 0 Å². The third-order valence-corrected chi connectivity index (χ3v) is 3.67. The van der Waals surface area contributed by atoms with Gasteiger partial charge in [-0.3, -0.25) is 4.79 Å². The van der Waals surface area contributed by atoms with Gasteiger partial charge in [0.1, 0.15) is 5.75 Å². The molecular formula is C14H20N2O2. The van der Waals surface area contributed by atoms with Crippen molar-refractivity contribution in [1.29, 1.82) is 0 Å². The van der Waals surface area contributed by atoms with Crippen molar-refractivity contribution >= 4 is 5.91 Å². The van der Waals surface area contributed by atoms with Gasteiger partial charge in [0.2, 0.25) is 0 Å². The van der Waals surface area contributed by atoms with E-state index in [1.807, 2.05) is 49.1 Å². The minimum atomic E-state index is -0.281. The van der Waals surface area contributed by atoms with Crippen molar-refractivity contribution in [2.45, 2.75) is 31.8 Å². The van der Waals surface area contributed by atoms with Gasteiger partial charge in [-0.15, -0.1) is 0 Å². The molecule has 1 heterocycles. The number of likely N-dealkylation sites (tertiary alicyclic amines) is 1. The quantitative estimate of drug-likeness (QED) is 0.879. The minimum Gasteiger partial charge on any atom is -0.484 e. The molecular weight excluding hydrogens is 228 g/mol. The predicted octanol–water partition coefficient (Wildman–Crippen LogP) is 1.40. The van der Waals surface area contributed by atoms with Crippen LogP contribution in [-0.2, 0) is 4.79 Å². The topological polar surface area (TPSA) is 55.6 Å². The Kier molecular flexibility index (Phi) is 3.57. The molecule has 98 valence electrons. The lowest BCUT2D eigenvalue weighted by molar-refractivity contribution is -0.136. The Morgan fingerprint density at radius 2 is 2.11 bits per heavy atom. The van der Waals surface area contributed by atoms with Crippen LogP contribution in [0.4, 0.5) is 0 Å². The fraction of sp³-hybridized carbons (Fsp3) is 0.500. The fourth-order valence-electron chi connectivity index (χ4n) is 2.30. The molecule has 18 heavy (non-hydrogen) atoms. The molecule has 1 aliphatic rings. The van der Waals surface area contributed by atoms with E-state index < -0.39 is 0 Å². The van der Waals surface area contributed by atoms with E-state index in [9.17, 15) is 4.79 Å². The van der Waals surface area contributed by atoms with E-state index in [-0.39, 0.29) is 24.1 Å². The molecule has 4 nitrogen and oxygen atoms in total. The maximum absolute atomic E-state index is 12.1. The highest BCUT2D eigenvalue weighted by molar-refractivity contribution is 5.79. The largest absolute Gasteiger partial charge is 0.484 e. The molecule has 2 rings (SSSR count). The molecule has 1 aliphatic heterocycles. The van der Waals surface area contributed by atoms with Crippen molar-refractivity contribution in [2.24, 2.45) is 5.73 Å². The molecule has 1 amide bonds. The monoisotopic (exact) mass is 248 g/mol. The van der Waals surface area contributed by atoms with E-state index in [2.05, 4.69) is 0 Å². The first kappa shape index (κ1) is 12.9. The smallest absolute Gasteiger partial charge is 0.261 e. The summed E-state index contributed by atoms with van der Waals surface area (Å²) in [6.45, 7) is 4.79. The first-order valence-electron chi connectivity index (χ1n) is 6.25. The van der Waals surface area contributed by atoms with E-state index in [4.69, 9.17) is 10.5 Å². The fourth-order valence-corrected chi connectivity index (χ4v) is 2.30. The van der Waals surface area contributed by atoms with E-state index in [1.165, 1.54) is 0 Å². The number of carbonyl (C=O) groups excluding carboxylic acids is 1. The predicted molar refractivity (Wildman–Crippen MR) is 70.3 cm³/mol. The number of nitrogens with two attached hydrogens (primary N) is 1. The Morgan fingerprint density at radius 3 is 2.67 bits per heavy atom. The van der Waals surface area contributed by atoms with Crippen molar-refractivity contribution in [1.82, 2.24) is 4.90 Å². The second-order valence-electron chi connectivity index (χ2n) is 5.20. The van der Waals surface area contributed by atoms with Crippen molar-refractivity contribution in [3.8, 4) is 5.75 Å². The molecule has 0 bridgehead atoms. The van der Waals surface area contributed by atoms with Gasteiger partial charge in [0.25, 0.3) is 5.91 Å². The molecule has 0 saturated carbocycles. The summed E-state index contributed by atoms with van der Waals surface area (Å²) in [4.78, 5) is 13.9. The number of para-hydroxylation sites is 1. The average Bonchev–Trinajstić information content (AvgIpc) is 2.63. The highest BCUT2D eigenvalue weighted by Crippen LogP contribution is 2.27. The molecule has 4 heteroatoms. The summed E-state index contributed by atoms with van der Waals surface area (Å²) < 4.78 is 5.48. The van der Waals surface area contributed by atoms with E-state index in [0.29, 0.717) is 12.3 Å². The zero-order valence-electron chi connectivity index (χ0n) is 10.9. The van der Waals surface area contributed by atoms with Crippen LogP contribution in [-0.4, -0.2) is 35.5 Å². The Hall–Kier alpha value is -1.55. The Bertz CT molecular complexity index is 417. The van der Waals surface area contributed by atoms with Gasteiger partial charge in [-0.05, 0) is 32.4 Å². The van der Waals surface area contributed by atoms with E-state index in [0.717, 1.165) is 6.42 Å². The van der Waals surface area contributed by atoms with Crippen LogP contribution >= 0.6 is 0 Å². The standard InChI is InChI=1S/C14H20N2O2/c1-14(2)12(15)8-9-16(14)13(17)10-18-11-6-4-3-5-7-11/h3-7,12H,8-10,15H2,1-2H3. The number of hydrogen-bond acceptors (Lipinski definition) is 3. The molecule has 1 aromatic rings. The average molecular weight is 248 g/mol. The van der Waals surface area contributed by atoms with Gasteiger partial charge in [0, 0.05) is 12.6 Å². The highest BCUT2D eigenvalue weighted by atomic mass is 16.5. The molecule has 1 aromatic carbocycles. The first-order valence-corrected chi connectivity index (χ1v) is 6.25. The first-order chi connectivity index (χ1) is 8.51. The second kappa shape index (κ2) is 4.98. The van der Waals surface area contributed by atoms with Crippen LogP contribution in [0.5, 0.6) is 5.75 Å². The Labute approximate surface area is 108 Å². The highest BCUT2D eigenvalue weighted by Gasteiger charge is 2.41. The molecule has 0 spiro atoms. The van der Waals surface area contributed by atoms with Crippen LogP contribution in [0.25, 0.3) is 0 Å². The van der Waals surface area contributed by atoms with Crippen molar-refractivity contribution in [3.05, 3.63) is 30.3 Å². The number of benzene rings is 1. The van der Waals surface area contributed by atoms with Crippen LogP contribution in [0, 0.1) is 0 Å². The minimum absolute atomic E-state index is 0.00296. The lowest BCUT2D eigenvalue weighted by Crippen LogP contribution is -2.52. The molecule has 1 unspecified atom stereocenters. The van der Waals surface area contributed by atoms with Gasteiger partial charge < -0.3 is 15.4 Å². The maximum atomic E-state index is 12.1. The molecule has 1 atom stereocenters. The van der Waals surface area contributed by atoms with Crippen LogP contribution in [0.15, 0.2) is 30.3 Å². The number of hydrogen-bond donors (Lipinski definition) is 1. The molecule has 1 fully saturated rings. The summed E-state index contributed by atoms with van der Waals surface area (Å²) in [5, 5.41) is 0. The lowest BCUT2D eigenvalue weighted by Gasteiger charge is -2.34. The van der Waals surface area contributed by atoms with Crippen molar-refractivity contribution in [3.63, 3.8) is 0 Å². The summed E-state index contributed by atoms with van der Waals surface area (Å²) in [5.41, 5.74) is 5.73. The van der Waals surface area contributed by atoms with Crippen molar-refractivity contribution < 1.29 is 9.53 Å². The summed E-state index contributed by atoms with van der Waals surface area (Å²) in [6.07, 6.45) is 0.851. The van der Waals surface area contributed by atoms with Crippen molar-refractivity contribution in [2.75, 3.05) is 13.2 Å². The number of ether oxygens (including phenoxy) is 1. The summed E-state index contributed by atoms with van der Waals surface area (Å²) in [7, 11) is 0. The molecule has 2 N–H and O–H groups in total. The van der Waals surface area contributed by atoms with Gasteiger partial charge >= 0.3 is 0 Å². The summed E-state index contributed by atoms with van der Waals surface area (Å²) in [6, 6.07) is 9.41. The number of nitrogens with zero attached hydrogens (tertiary/aromatic N) is 1. The van der Waals surface area contributed by atoms with Gasteiger partial charge in [-0.1, -0.05) is 18.2 Å². The zero-order chi connectivity index (χ0) is 13.2. The van der Waals surface area contributed by atoms with Gasteiger partial charge in [0.05, 0.1) is 5.54 Å². The van der Waals surface area contributed by atoms with Gasteiger partial charge in [-0.2, -0.15) is 0 Å². The molecule has 0 radical (unpaired) electrons. The number of rotatable bonds is 3. The normalized spacial score (nSPS) is 21.9. The number of amides is 1. The second-order valence-corrected chi connectivity index (χ2v) is 5.20. The molecule has 1 saturated heterocycles. The maximum Gasteiger partial charge on any atom is 0.261 e. The SMILES string of the molecule is CC1(C)C(N)CCN1C(=O)COc1ccccc1.